The van der Waals surface area contributed by atoms with Gasteiger partial charge in [0.2, 0.25) is 0 Å². The third-order valence-corrected chi connectivity index (χ3v) is 13.1. The van der Waals surface area contributed by atoms with Gasteiger partial charge in [-0.25, -0.2) is 30.8 Å². The zero-order valence-electron chi connectivity index (χ0n) is 43.7. The Hall–Kier alpha value is -7.15. The van der Waals surface area contributed by atoms with Crippen LogP contribution in [0.2, 0.25) is 5.02 Å². The zero-order valence-corrected chi connectivity index (χ0v) is 45.3. The van der Waals surface area contributed by atoms with Crippen molar-refractivity contribution >= 4 is 68.7 Å². The summed E-state index contributed by atoms with van der Waals surface area (Å²) in [6.45, 7) is 18.0. The Morgan fingerprint density at radius 2 is 1.60 bits per heavy atom. The fourth-order valence-electron chi connectivity index (χ4n) is 8.08. The molecule has 24 heteroatoms. The summed E-state index contributed by atoms with van der Waals surface area (Å²) >= 11 is 7.52. The van der Waals surface area contributed by atoms with Crippen molar-refractivity contribution in [1.29, 1.82) is 0 Å². The van der Waals surface area contributed by atoms with Gasteiger partial charge < -0.3 is 51.1 Å². The van der Waals surface area contributed by atoms with Gasteiger partial charge in [0, 0.05) is 91.8 Å². The number of alkyl halides is 3. The summed E-state index contributed by atoms with van der Waals surface area (Å²) < 4.78 is 53.7. The molecule has 3 aromatic carbocycles. The fraction of sp³-hybridized carbons (Fsp3) is 0.377. The van der Waals surface area contributed by atoms with Crippen molar-refractivity contribution < 1.29 is 37.0 Å². The number of anilines is 6. The number of nitrogens with one attached hydrogen (secondary N) is 4. The summed E-state index contributed by atoms with van der Waals surface area (Å²) in [5.41, 5.74) is 9.63. The Morgan fingerprint density at radius 1 is 0.857 bits per heavy atom. The molecule has 0 spiro atoms. The quantitative estimate of drug-likeness (QED) is 0.0188. The predicted octanol–water partition coefficient (Wildman–Crippen LogP) is 8.91. The average molecular weight is 1100 g/mol. The number of hydrogen-bond acceptors (Lipinski definition) is 18. The number of hydrazine groups is 1. The van der Waals surface area contributed by atoms with Crippen molar-refractivity contribution in [3.8, 4) is 17.0 Å². The van der Waals surface area contributed by atoms with Crippen molar-refractivity contribution in [1.82, 2.24) is 40.1 Å². The maximum atomic E-state index is 13.3. The Labute approximate surface area is 454 Å². The molecule has 410 valence electrons. The Balaban J connectivity index is 0.774. The van der Waals surface area contributed by atoms with Crippen LogP contribution >= 0.6 is 22.9 Å². The first kappa shape index (κ1) is 57.6. The first-order valence-corrected chi connectivity index (χ1v) is 25.8. The maximum absolute atomic E-state index is 13.3. The molecule has 3 aromatic heterocycles. The maximum Gasteiger partial charge on any atom is 0.573 e. The van der Waals surface area contributed by atoms with E-state index in [1.54, 1.807) is 41.5 Å². The lowest BCUT2D eigenvalue weighted by atomic mass is 9.92. The highest BCUT2D eigenvalue weighted by molar-refractivity contribution is 7.17. The van der Waals surface area contributed by atoms with E-state index in [9.17, 15) is 22.8 Å². The number of carbonyl (C=O) groups excluding carboxylic acids is 2. The zero-order chi connectivity index (χ0) is 55.3. The number of halogens is 4. The summed E-state index contributed by atoms with van der Waals surface area (Å²) in [4.78, 5) is 53.5. The predicted molar refractivity (Wildman–Crippen MR) is 294 cm³/mol. The molecule has 6 aromatic rings. The van der Waals surface area contributed by atoms with Gasteiger partial charge in [0.05, 0.1) is 54.7 Å². The second kappa shape index (κ2) is 25.8. The van der Waals surface area contributed by atoms with Gasteiger partial charge >= 0.3 is 6.36 Å². The topological polar surface area (TPSA) is 236 Å². The van der Waals surface area contributed by atoms with E-state index < -0.39 is 11.8 Å². The van der Waals surface area contributed by atoms with E-state index in [1.165, 1.54) is 48.1 Å². The molecule has 0 saturated carbocycles. The number of thiazole rings is 1. The summed E-state index contributed by atoms with van der Waals surface area (Å²) in [6.07, 6.45) is -0.231. The number of rotatable bonds is 24. The van der Waals surface area contributed by atoms with E-state index in [1.807, 2.05) is 65.8 Å². The number of aryl methyl sites for hydroxylation is 2. The molecule has 0 atom stereocenters. The van der Waals surface area contributed by atoms with Crippen molar-refractivity contribution in [2.45, 2.75) is 47.9 Å². The van der Waals surface area contributed by atoms with Crippen LogP contribution in [0.25, 0.3) is 11.3 Å². The van der Waals surface area contributed by atoms with E-state index in [0.717, 1.165) is 44.1 Å². The van der Waals surface area contributed by atoms with Gasteiger partial charge in [-0.15, -0.1) is 13.2 Å². The number of ether oxygens (including phenoxy) is 3. The molecule has 0 bridgehead atoms. The molecule has 1 fully saturated rings. The van der Waals surface area contributed by atoms with Gasteiger partial charge in [-0.05, 0) is 61.9 Å². The molecule has 77 heavy (non-hydrogen) atoms. The lowest BCUT2D eigenvalue weighted by Crippen LogP contribution is -2.47. The molecule has 1 aliphatic rings. The molecular formula is C53H64ClF3N14O5S. The van der Waals surface area contributed by atoms with Gasteiger partial charge in [0.25, 0.3) is 11.8 Å². The number of aromatic nitrogens is 5. The highest BCUT2D eigenvalue weighted by Crippen LogP contribution is 2.30. The Morgan fingerprint density at radius 3 is 2.34 bits per heavy atom. The number of piperazine rings is 1. The van der Waals surface area contributed by atoms with E-state index in [-0.39, 0.29) is 29.6 Å². The molecule has 0 aliphatic carbocycles. The van der Waals surface area contributed by atoms with E-state index in [2.05, 4.69) is 55.7 Å². The smallest absolute Gasteiger partial charge is 0.406 e. The van der Waals surface area contributed by atoms with Crippen LogP contribution in [-0.4, -0.2) is 125 Å². The van der Waals surface area contributed by atoms with Gasteiger partial charge in [0.15, 0.2) is 5.13 Å². The molecule has 2 amide bonds. The minimum Gasteiger partial charge on any atom is -0.406 e. The first-order valence-electron chi connectivity index (χ1n) is 24.6. The van der Waals surface area contributed by atoms with Crippen LogP contribution in [0.1, 0.15) is 59.1 Å². The molecular weight excluding hydrogens is 1040 g/mol. The van der Waals surface area contributed by atoms with Crippen LogP contribution in [0.3, 0.4) is 0 Å². The number of para-hydroxylation sites is 1. The van der Waals surface area contributed by atoms with Crippen LogP contribution in [0, 0.1) is 24.7 Å². The van der Waals surface area contributed by atoms with Crippen molar-refractivity contribution in [2.24, 2.45) is 22.4 Å². The highest BCUT2D eigenvalue weighted by atomic mass is 35.5. The summed E-state index contributed by atoms with van der Waals surface area (Å²) in [7, 11) is 0. The lowest BCUT2D eigenvalue weighted by Gasteiger charge is -2.35. The fourth-order valence-corrected chi connectivity index (χ4v) is 9.06. The van der Waals surface area contributed by atoms with Crippen LogP contribution in [0.15, 0.2) is 103 Å². The molecule has 7 rings (SSSR count). The van der Waals surface area contributed by atoms with Gasteiger partial charge in [-0.2, -0.15) is 0 Å². The SMILES string of the molecule is Cc1nc(Nc2ncc(C(=O)Nc3c(C)cccc3Cl)s2)cc(N2CCN(CCOC/C(N)=C/N(N)CC(C)(C)COCC(C)(C)CNC(=O)c3cccc(-c4cc(Nc5ccc(OC(F)(F)F)cc5)ncn4)c3)CC2)n1. The molecule has 1 saturated heterocycles. The molecule has 19 nitrogen and oxygen atoms in total. The van der Waals surface area contributed by atoms with Crippen LogP contribution in [-0.2, 0) is 9.47 Å². The van der Waals surface area contributed by atoms with Crippen molar-refractivity contribution in [2.75, 3.05) is 93.1 Å². The molecule has 4 heterocycles. The molecule has 8 N–H and O–H groups in total. The number of nitrogens with zero attached hydrogens (tertiary/aromatic N) is 8. The number of nitrogens with two attached hydrogens (primary N) is 2. The highest BCUT2D eigenvalue weighted by Gasteiger charge is 2.31. The van der Waals surface area contributed by atoms with E-state index in [4.69, 9.17) is 37.6 Å². The monoisotopic (exact) mass is 1100 g/mol. The van der Waals surface area contributed by atoms with Crippen molar-refractivity contribution in [3.05, 3.63) is 130 Å². The average Bonchev–Trinajstić information content (AvgIpc) is 3.84. The lowest BCUT2D eigenvalue weighted by molar-refractivity contribution is -0.274. The second-order valence-corrected chi connectivity index (χ2v) is 21.5. The van der Waals surface area contributed by atoms with Crippen LogP contribution in [0.4, 0.5) is 47.1 Å². The largest absolute Gasteiger partial charge is 0.573 e. The molecule has 0 radical (unpaired) electrons. The standard InChI is InChI=1S/C53H64ClF3N14O5S/c1-34-9-7-12-41(54)47(34)68-49(73)43-26-60-50(77-43)67-45-25-46(65-35(2)64-45)70-19-17-69(18-20-70)21-22-74-28-38(58)27-71(59)30-52(5,6)32-75-31-51(3,4)29-61-48(72)37-11-8-10-36(23-37)42-24-44(63-33-62-42)66-39-13-15-40(16-14-39)76-53(55,56)57/h7-16,23-27,33H,17-22,28-32,58-59H2,1-6H3,(H,61,72)(H,68,73)(H,62,63,66)(H,60,64,65,67)/b38-27-. The minimum absolute atomic E-state index is 0.226. The van der Waals surface area contributed by atoms with Crippen LogP contribution < -0.4 is 42.5 Å². The number of hydrogen-bond donors (Lipinski definition) is 6. The Bertz CT molecular complexity index is 2970. The second-order valence-electron chi connectivity index (χ2n) is 20.0. The number of amides is 2. The minimum atomic E-state index is -4.79. The summed E-state index contributed by atoms with van der Waals surface area (Å²) in [5.74, 6) is 7.87. The Kier molecular flexibility index (Phi) is 19.3. The number of benzene rings is 3. The number of carbonyl (C=O) groups is 2. The van der Waals surface area contributed by atoms with E-state index in [0.29, 0.717) is 99.3 Å². The normalized spacial score (nSPS) is 13.5. The van der Waals surface area contributed by atoms with Crippen molar-refractivity contribution in [3.63, 3.8) is 0 Å². The summed E-state index contributed by atoms with van der Waals surface area (Å²) in [5, 5.41) is 14.7. The summed E-state index contributed by atoms with van der Waals surface area (Å²) in [6, 6.07) is 21.3. The molecule has 1 aliphatic heterocycles. The van der Waals surface area contributed by atoms with Gasteiger partial charge in [-0.1, -0.05) is 74.9 Å². The third kappa shape index (κ3) is 18.0. The first-order chi connectivity index (χ1) is 36.5. The van der Waals surface area contributed by atoms with Gasteiger partial charge in [0.1, 0.15) is 40.2 Å². The van der Waals surface area contributed by atoms with Gasteiger partial charge in [-0.3, -0.25) is 14.5 Å². The van der Waals surface area contributed by atoms with Crippen LogP contribution in [0.5, 0.6) is 5.75 Å². The molecule has 0 unspecified atom stereocenters. The third-order valence-electron chi connectivity index (χ3n) is 11.9. The van der Waals surface area contributed by atoms with E-state index >= 15 is 0 Å².